The zero-order chi connectivity index (χ0) is 17.1. The van der Waals surface area contributed by atoms with Gasteiger partial charge in [0.05, 0.1) is 11.4 Å². The summed E-state index contributed by atoms with van der Waals surface area (Å²) in [6.45, 7) is 1.74. The third-order valence-electron chi connectivity index (χ3n) is 3.06. The van der Waals surface area contributed by atoms with E-state index < -0.39 is 0 Å². The summed E-state index contributed by atoms with van der Waals surface area (Å²) in [6.07, 6.45) is 0. The molecule has 2 aromatic heterocycles. The molecule has 0 fully saturated rings. The maximum absolute atomic E-state index is 12.0. The Balaban J connectivity index is 1.59. The van der Waals surface area contributed by atoms with Gasteiger partial charge in [-0.05, 0) is 19.1 Å². The number of carbonyl (C=O) groups is 1. The maximum Gasteiger partial charge on any atom is 0.236 e. The van der Waals surface area contributed by atoms with Gasteiger partial charge in [-0.1, -0.05) is 35.5 Å². The molecule has 124 valence electrons. The number of nitrogens with one attached hydrogen (secondary N) is 1. The molecule has 0 saturated carbocycles. The van der Waals surface area contributed by atoms with Crippen molar-refractivity contribution in [2.45, 2.75) is 12.1 Å². The molecular formula is C14H13ClN6OS2. The number of carbonyl (C=O) groups excluding carboxylic acids is 1. The zero-order valence-electron chi connectivity index (χ0n) is 12.6. The molecule has 1 amide bonds. The van der Waals surface area contributed by atoms with Crippen LogP contribution in [0.4, 0.5) is 5.13 Å². The minimum atomic E-state index is -0.183. The first-order chi connectivity index (χ1) is 11.5. The van der Waals surface area contributed by atoms with Crippen molar-refractivity contribution in [2.75, 3.05) is 16.9 Å². The van der Waals surface area contributed by atoms with E-state index in [0.29, 0.717) is 21.1 Å². The molecule has 0 radical (unpaired) electrons. The second-order valence-corrected chi connectivity index (χ2v) is 7.02. The Hall–Kier alpha value is -2.10. The van der Waals surface area contributed by atoms with Gasteiger partial charge >= 0.3 is 0 Å². The summed E-state index contributed by atoms with van der Waals surface area (Å²) in [4.78, 5) is 16.4. The molecule has 0 aliphatic heterocycles. The minimum absolute atomic E-state index is 0.172. The van der Waals surface area contributed by atoms with Gasteiger partial charge in [0.15, 0.2) is 5.13 Å². The molecule has 7 nitrogen and oxygen atoms in total. The standard InChI is InChI=1S/C14H13ClN6OS2/c1-8-19-20-14(21(8)16)24-7-12(22)18-13-17-11(6-23-13)9-2-4-10(15)5-3-9/h2-6H,7,16H2,1H3,(H,17,18,22). The van der Waals surface area contributed by atoms with E-state index in [0.717, 1.165) is 11.3 Å². The van der Waals surface area contributed by atoms with Crippen LogP contribution >= 0.6 is 34.7 Å². The molecule has 10 heteroatoms. The van der Waals surface area contributed by atoms with Crippen LogP contribution in [0.5, 0.6) is 0 Å². The van der Waals surface area contributed by atoms with E-state index in [1.54, 1.807) is 19.1 Å². The molecule has 3 rings (SSSR count). The number of hydrogen-bond donors (Lipinski definition) is 2. The van der Waals surface area contributed by atoms with Crippen LogP contribution in [0.3, 0.4) is 0 Å². The van der Waals surface area contributed by atoms with Gasteiger partial charge in [-0.15, -0.1) is 21.5 Å². The van der Waals surface area contributed by atoms with E-state index in [-0.39, 0.29) is 11.7 Å². The lowest BCUT2D eigenvalue weighted by atomic mass is 10.2. The van der Waals surface area contributed by atoms with E-state index in [2.05, 4.69) is 20.5 Å². The number of rotatable bonds is 5. The SMILES string of the molecule is Cc1nnc(SCC(=O)Nc2nc(-c3ccc(Cl)cc3)cs2)n1N. The van der Waals surface area contributed by atoms with Crippen molar-refractivity contribution in [3.63, 3.8) is 0 Å². The van der Waals surface area contributed by atoms with Crippen molar-refractivity contribution in [2.24, 2.45) is 0 Å². The number of benzene rings is 1. The summed E-state index contributed by atoms with van der Waals surface area (Å²) >= 11 is 8.45. The number of nitrogens with two attached hydrogens (primary N) is 1. The van der Waals surface area contributed by atoms with E-state index >= 15 is 0 Å². The predicted octanol–water partition coefficient (Wildman–Crippen LogP) is 2.81. The van der Waals surface area contributed by atoms with Crippen molar-refractivity contribution in [1.29, 1.82) is 0 Å². The maximum atomic E-state index is 12.0. The predicted molar refractivity (Wildman–Crippen MR) is 96.8 cm³/mol. The van der Waals surface area contributed by atoms with Crippen LogP contribution in [0, 0.1) is 6.92 Å². The summed E-state index contributed by atoms with van der Waals surface area (Å²) in [5.74, 6) is 6.32. The topological polar surface area (TPSA) is 98.7 Å². The summed E-state index contributed by atoms with van der Waals surface area (Å²) in [5, 5.41) is 14.1. The number of hydrogen-bond acceptors (Lipinski definition) is 7. The van der Waals surface area contributed by atoms with E-state index in [1.165, 1.54) is 27.8 Å². The molecule has 0 bridgehead atoms. The minimum Gasteiger partial charge on any atom is -0.336 e. The van der Waals surface area contributed by atoms with Crippen LogP contribution in [0.2, 0.25) is 5.02 Å². The van der Waals surface area contributed by atoms with Crippen molar-refractivity contribution >= 4 is 45.7 Å². The third-order valence-corrected chi connectivity index (χ3v) is 5.01. The third kappa shape index (κ3) is 3.86. The summed E-state index contributed by atoms with van der Waals surface area (Å²) < 4.78 is 1.35. The van der Waals surface area contributed by atoms with Crippen LogP contribution < -0.4 is 11.2 Å². The Morgan fingerprint density at radius 3 is 2.79 bits per heavy atom. The number of anilines is 1. The van der Waals surface area contributed by atoms with Gasteiger partial charge in [0.1, 0.15) is 5.82 Å². The molecule has 0 saturated heterocycles. The first-order valence-corrected chi connectivity index (χ1v) is 9.08. The Kier molecular flexibility index (Phi) is 5.03. The normalized spacial score (nSPS) is 10.8. The van der Waals surface area contributed by atoms with Gasteiger partial charge in [-0.3, -0.25) is 4.79 Å². The molecule has 3 N–H and O–H groups in total. The van der Waals surface area contributed by atoms with Crippen LogP contribution in [-0.2, 0) is 4.79 Å². The highest BCUT2D eigenvalue weighted by molar-refractivity contribution is 7.99. The second-order valence-electron chi connectivity index (χ2n) is 4.78. The van der Waals surface area contributed by atoms with Crippen LogP contribution in [0.25, 0.3) is 11.3 Å². The number of nitrogens with zero attached hydrogens (tertiary/aromatic N) is 4. The van der Waals surface area contributed by atoms with E-state index in [9.17, 15) is 4.79 Å². The highest BCUT2D eigenvalue weighted by Crippen LogP contribution is 2.26. The molecule has 0 aliphatic carbocycles. The number of thioether (sulfide) groups is 1. The van der Waals surface area contributed by atoms with Gasteiger partial charge in [0, 0.05) is 16.0 Å². The van der Waals surface area contributed by atoms with Crippen LogP contribution in [0.15, 0.2) is 34.8 Å². The largest absolute Gasteiger partial charge is 0.336 e. The lowest BCUT2D eigenvalue weighted by Crippen LogP contribution is -2.16. The van der Waals surface area contributed by atoms with Crippen molar-refractivity contribution in [3.05, 3.63) is 40.5 Å². The molecule has 0 aliphatic rings. The molecular weight excluding hydrogens is 368 g/mol. The van der Waals surface area contributed by atoms with Gasteiger partial charge < -0.3 is 11.2 Å². The fourth-order valence-electron chi connectivity index (χ4n) is 1.82. The number of aryl methyl sites for hydroxylation is 1. The van der Waals surface area contributed by atoms with E-state index in [4.69, 9.17) is 17.4 Å². The summed E-state index contributed by atoms with van der Waals surface area (Å²) in [6, 6.07) is 7.37. The monoisotopic (exact) mass is 380 g/mol. The quantitative estimate of drug-likeness (QED) is 0.521. The number of aromatic nitrogens is 4. The highest BCUT2D eigenvalue weighted by atomic mass is 35.5. The molecule has 24 heavy (non-hydrogen) atoms. The lowest BCUT2D eigenvalue weighted by molar-refractivity contribution is -0.113. The van der Waals surface area contributed by atoms with Gasteiger partial charge in [-0.25, -0.2) is 9.66 Å². The first kappa shape index (κ1) is 16.7. The number of nitrogen functional groups attached to an aromatic ring is 1. The average molecular weight is 381 g/mol. The van der Waals surface area contributed by atoms with Crippen LogP contribution in [-0.4, -0.2) is 31.5 Å². The smallest absolute Gasteiger partial charge is 0.236 e. The molecule has 0 atom stereocenters. The lowest BCUT2D eigenvalue weighted by Gasteiger charge is -2.02. The van der Waals surface area contributed by atoms with Crippen LogP contribution in [0.1, 0.15) is 5.82 Å². The molecule has 1 aromatic carbocycles. The van der Waals surface area contributed by atoms with Crippen molar-refractivity contribution in [1.82, 2.24) is 19.9 Å². The summed E-state index contributed by atoms with van der Waals surface area (Å²) in [7, 11) is 0. The average Bonchev–Trinajstić information content (AvgIpc) is 3.15. The van der Waals surface area contributed by atoms with Crippen molar-refractivity contribution < 1.29 is 4.79 Å². The van der Waals surface area contributed by atoms with Gasteiger partial charge in [0.2, 0.25) is 11.1 Å². The van der Waals surface area contributed by atoms with Crippen molar-refractivity contribution in [3.8, 4) is 11.3 Å². The fourth-order valence-corrected chi connectivity index (χ4v) is 3.38. The first-order valence-electron chi connectivity index (χ1n) is 6.84. The van der Waals surface area contributed by atoms with Gasteiger partial charge in [0.25, 0.3) is 0 Å². The molecule has 0 unspecified atom stereocenters. The molecule has 0 spiro atoms. The molecule has 3 aromatic rings. The summed E-state index contributed by atoms with van der Waals surface area (Å²) in [5.41, 5.74) is 1.73. The number of thiazole rings is 1. The second kappa shape index (κ2) is 7.20. The number of halogens is 1. The highest BCUT2D eigenvalue weighted by Gasteiger charge is 2.12. The zero-order valence-corrected chi connectivity index (χ0v) is 15.0. The Morgan fingerprint density at radius 2 is 2.12 bits per heavy atom. The molecule has 2 heterocycles. The fraction of sp³-hybridized carbons (Fsp3) is 0.143. The Labute approximate surface area is 151 Å². The Bertz CT molecular complexity index is 861. The Morgan fingerprint density at radius 1 is 1.38 bits per heavy atom. The van der Waals surface area contributed by atoms with Gasteiger partial charge in [-0.2, -0.15) is 0 Å². The van der Waals surface area contributed by atoms with E-state index in [1.807, 2.05) is 17.5 Å². The number of amides is 1.